The molecule has 1 aromatic heterocycles. The average Bonchev–Trinajstić information content (AvgIpc) is 3.51. The number of aromatic nitrogens is 2. The molecule has 0 spiro atoms. The van der Waals surface area contributed by atoms with Gasteiger partial charge in [0.25, 0.3) is 5.91 Å². The highest BCUT2D eigenvalue weighted by Gasteiger charge is 2.31. The van der Waals surface area contributed by atoms with Crippen LogP contribution in [-0.4, -0.2) is 42.5 Å². The summed E-state index contributed by atoms with van der Waals surface area (Å²) in [6.45, 7) is 0.506. The summed E-state index contributed by atoms with van der Waals surface area (Å²) in [5, 5.41) is 13.7. The smallest absolute Gasteiger partial charge is 0.303 e. The predicted octanol–water partition coefficient (Wildman–Crippen LogP) is 7.05. The van der Waals surface area contributed by atoms with Gasteiger partial charge in [0.05, 0.1) is 22.0 Å². The zero-order chi connectivity index (χ0) is 27.2. The van der Waals surface area contributed by atoms with Crippen LogP contribution in [0.25, 0.3) is 34.3 Å². The van der Waals surface area contributed by atoms with E-state index in [-0.39, 0.29) is 12.3 Å². The Morgan fingerprint density at radius 2 is 1.56 bits per heavy atom. The number of carboxylic acids is 1. The molecule has 2 heterocycles. The quantitative estimate of drug-likeness (QED) is 0.129. The summed E-state index contributed by atoms with van der Waals surface area (Å²) in [4.78, 5) is 25.8. The third-order valence-corrected chi connectivity index (χ3v) is 7.81. The Morgan fingerprint density at radius 3 is 2.23 bits per heavy atom. The van der Waals surface area contributed by atoms with E-state index in [0.717, 1.165) is 46.6 Å². The van der Waals surface area contributed by atoms with Gasteiger partial charge in [0.2, 0.25) is 0 Å². The Labute approximate surface area is 237 Å². The van der Waals surface area contributed by atoms with Crippen LogP contribution in [-0.2, 0) is 9.59 Å². The van der Waals surface area contributed by atoms with Crippen molar-refractivity contribution in [3.63, 3.8) is 0 Å². The minimum Gasteiger partial charge on any atom is -0.481 e. The maximum absolute atomic E-state index is 13.0. The lowest BCUT2D eigenvalue weighted by molar-refractivity contribution is -0.137. The first-order chi connectivity index (χ1) is 19.0. The molecule has 0 radical (unpaired) electrons. The predicted molar refractivity (Wildman–Crippen MR) is 160 cm³/mol. The number of benzene rings is 3. The van der Waals surface area contributed by atoms with E-state index in [9.17, 15) is 9.59 Å². The Bertz CT molecular complexity index is 1510. The number of aliphatic carboxylic acids is 1. The van der Waals surface area contributed by atoms with Crippen molar-refractivity contribution in [2.24, 2.45) is 0 Å². The Morgan fingerprint density at radius 1 is 0.897 bits per heavy atom. The molecule has 0 bridgehead atoms. The summed E-state index contributed by atoms with van der Waals surface area (Å²) in [6, 6.07) is 30.4. The van der Waals surface area contributed by atoms with E-state index in [2.05, 4.69) is 30.3 Å². The SMILES string of the molecule is O=C(O)CCCCCN1C(=O)/C(=C/c2ccc(-n3nc(-c4ccccc4)cc3-c3ccccc3)cc2)SC1=S. The molecular formula is C31H27N3O3S2. The molecular weight excluding hydrogens is 526 g/mol. The molecule has 1 N–H and O–H groups in total. The van der Waals surface area contributed by atoms with E-state index in [1.165, 1.54) is 11.8 Å². The highest BCUT2D eigenvalue weighted by molar-refractivity contribution is 8.26. The molecule has 4 aromatic rings. The lowest BCUT2D eigenvalue weighted by Crippen LogP contribution is -2.29. The molecule has 196 valence electrons. The number of amides is 1. The number of carbonyl (C=O) groups is 2. The lowest BCUT2D eigenvalue weighted by atomic mass is 10.1. The number of unbranched alkanes of at least 4 members (excludes halogenated alkanes) is 2. The van der Waals surface area contributed by atoms with Gasteiger partial charge in [-0.2, -0.15) is 5.10 Å². The van der Waals surface area contributed by atoms with E-state index < -0.39 is 5.97 Å². The monoisotopic (exact) mass is 553 g/mol. The van der Waals surface area contributed by atoms with Crippen LogP contribution in [0.15, 0.2) is 95.9 Å². The minimum atomic E-state index is -0.796. The van der Waals surface area contributed by atoms with Crippen LogP contribution in [0.2, 0.25) is 0 Å². The second kappa shape index (κ2) is 12.2. The maximum atomic E-state index is 13.0. The van der Waals surface area contributed by atoms with Crippen molar-refractivity contribution in [1.82, 2.24) is 14.7 Å². The van der Waals surface area contributed by atoms with Gasteiger partial charge >= 0.3 is 5.97 Å². The molecule has 1 aliphatic heterocycles. The van der Waals surface area contributed by atoms with Gasteiger partial charge < -0.3 is 5.11 Å². The zero-order valence-corrected chi connectivity index (χ0v) is 22.8. The van der Waals surface area contributed by atoms with Crippen LogP contribution in [0.1, 0.15) is 31.2 Å². The van der Waals surface area contributed by atoms with Crippen molar-refractivity contribution in [2.75, 3.05) is 6.54 Å². The second-order valence-electron chi connectivity index (χ2n) is 9.19. The summed E-state index contributed by atoms with van der Waals surface area (Å²) in [5.74, 6) is -0.895. The summed E-state index contributed by atoms with van der Waals surface area (Å²) in [7, 11) is 0. The van der Waals surface area contributed by atoms with Gasteiger partial charge in [0.1, 0.15) is 4.32 Å². The van der Waals surface area contributed by atoms with Crippen LogP contribution in [0.3, 0.4) is 0 Å². The topological polar surface area (TPSA) is 75.4 Å². The number of carboxylic acid groups (broad SMARTS) is 1. The van der Waals surface area contributed by atoms with Crippen LogP contribution in [0, 0.1) is 0 Å². The van der Waals surface area contributed by atoms with E-state index in [4.69, 9.17) is 22.4 Å². The largest absolute Gasteiger partial charge is 0.481 e. The molecule has 8 heteroatoms. The van der Waals surface area contributed by atoms with Crippen LogP contribution in [0.5, 0.6) is 0 Å². The second-order valence-corrected chi connectivity index (χ2v) is 10.9. The molecule has 5 rings (SSSR count). The molecule has 1 saturated heterocycles. The fourth-order valence-corrected chi connectivity index (χ4v) is 5.73. The first-order valence-corrected chi connectivity index (χ1v) is 14.0. The van der Waals surface area contributed by atoms with Gasteiger partial charge in [-0.05, 0) is 42.7 Å². The number of hydrogen-bond donors (Lipinski definition) is 1. The van der Waals surface area contributed by atoms with Crippen molar-refractivity contribution in [2.45, 2.75) is 25.7 Å². The summed E-state index contributed by atoms with van der Waals surface area (Å²) >= 11 is 6.74. The first-order valence-electron chi connectivity index (χ1n) is 12.8. The Balaban J connectivity index is 1.34. The molecule has 0 unspecified atom stereocenters. The maximum Gasteiger partial charge on any atom is 0.303 e. The summed E-state index contributed by atoms with van der Waals surface area (Å²) in [6.07, 6.45) is 4.08. The van der Waals surface area contributed by atoms with Gasteiger partial charge in [-0.3, -0.25) is 14.5 Å². The van der Waals surface area contributed by atoms with E-state index in [1.54, 1.807) is 4.90 Å². The zero-order valence-electron chi connectivity index (χ0n) is 21.2. The van der Waals surface area contributed by atoms with Gasteiger partial charge in [0, 0.05) is 24.1 Å². The van der Waals surface area contributed by atoms with E-state index >= 15 is 0 Å². The highest BCUT2D eigenvalue weighted by atomic mass is 32.2. The van der Waals surface area contributed by atoms with Crippen molar-refractivity contribution in [3.8, 4) is 28.2 Å². The first kappa shape index (κ1) is 26.6. The third-order valence-electron chi connectivity index (χ3n) is 6.43. The minimum absolute atomic E-state index is 0.0988. The van der Waals surface area contributed by atoms with E-state index in [0.29, 0.717) is 22.2 Å². The Kier molecular flexibility index (Phi) is 8.34. The molecule has 39 heavy (non-hydrogen) atoms. The number of thioether (sulfide) groups is 1. The van der Waals surface area contributed by atoms with Gasteiger partial charge in [-0.1, -0.05) is 103 Å². The van der Waals surface area contributed by atoms with Crippen molar-refractivity contribution < 1.29 is 14.7 Å². The lowest BCUT2D eigenvalue weighted by Gasteiger charge is -2.13. The number of nitrogens with zero attached hydrogens (tertiary/aromatic N) is 3. The normalized spacial score (nSPS) is 14.4. The fraction of sp³-hybridized carbons (Fsp3) is 0.161. The number of hydrogen-bond acceptors (Lipinski definition) is 5. The third kappa shape index (κ3) is 6.35. The van der Waals surface area contributed by atoms with Crippen molar-refractivity contribution in [1.29, 1.82) is 0 Å². The molecule has 0 aliphatic carbocycles. The van der Waals surface area contributed by atoms with E-state index in [1.807, 2.05) is 71.4 Å². The number of rotatable bonds is 10. The molecule has 3 aromatic carbocycles. The average molecular weight is 554 g/mol. The Hall–Kier alpha value is -4.01. The molecule has 0 atom stereocenters. The van der Waals surface area contributed by atoms with Crippen molar-refractivity contribution >= 4 is 46.3 Å². The standard InChI is InChI=1S/C31H27N3O3S2/c35-29(36)14-8-3-9-19-33-30(37)28(39-31(33)38)20-22-15-17-25(18-16-22)34-27(24-12-6-2-7-13-24)21-26(32-34)23-10-4-1-5-11-23/h1-2,4-7,10-13,15-18,20-21H,3,8-9,14,19H2,(H,35,36)/b28-20-. The summed E-state index contributed by atoms with van der Waals surface area (Å²) in [5.41, 5.74) is 5.83. The van der Waals surface area contributed by atoms with Gasteiger partial charge in [0.15, 0.2) is 0 Å². The molecule has 1 aliphatic rings. The summed E-state index contributed by atoms with van der Waals surface area (Å²) < 4.78 is 2.49. The number of thiocarbonyl (C=S) groups is 1. The highest BCUT2D eigenvalue weighted by Crippen LogP contribution is 2.33. The van der Waals surface area contributed by atoms with Crippen LogP contribution >= 0.6 is 24.0 Å². The van der Waals surface area contributed by atoms with Gasteiger partial charge in [-0.15, -0.1) is 0 Å². The molecule has 1 fully saturated rings. The van der Waals surface area contributed by atoms with Gasteiger partial charge in [-0.25, -0.2) is 4.68 Å². The molecule has 1 amide bonds. The molecule has 0 saturated carbocycles. The number of carbonyl (C=O) groups excluding carboxylic acids is 1. The van der Waals surface area contributed by atoms with Crippen LogP contribution < -0.4 is 0 Å². The molecule has 6 nitrogen and oxygen atoms in total. The van der Waals surface area contributed by atoms with Crippen molar-refractivity contribution in [3.05, 3.63) is 101 Å². The fourth-order valence-electron chi connectivity index (χ4n) is 4.42. The van der Waals surface area contributed by atoms with Crippen LogP contribution in [0.4, 0.5) is 0 Å².